The highest BCUT2D eigenvalue weighted by Crippen LogP contribution is 2.16. The smallest absolute Gasteiger partial charge is 0.260 e. The van der Waals surface area contributed by atoms with E-state index in [0.717, 1.165) is 23.4 Å². The number of anilines is 1. The molecule has 0 unspecified atom stereocenters. The molecule has 3 rings (SSSR count). The van der Waals surface area contributed by atoms with E-state index in [1.165, 1.54) is 0 Å². The number of hydrogen-bond acceptors (Lipinski definition) is 4. The first kappa shape index (κ1) is 15.8. The van der Waals surface area contributed by atoms with Gasteiger partial charge in [0, 0.05) is 36.8 Å². The molecule has 2 heterocycles. The molecule has 1 aromatic heterocycles. The number of hydrogen-bond donors (Lipinski definition) is 0. The Morgan fingerprint density at radius 1 is 1.09 bits per heavy atom. The van der Waals surface area contributed by atoms with Gasteiger partial charge in [-0.2, -0.15) is 0 Å². The molecular weight excluding hydrogens is 358 g/mol. The molecule has 0 spiro atoms. The third-order valence-corrected chi connectivity index (χ3v) is 4.31. The molecule has 0 aliphatic carbocycles. The van der Waals surface area contributed by atoms with Crippen LogP contribution >= 0.6 is 15.9 Å². The van der Waals surface area contributed by atoms with E-state index in [-0.39, 0.29) is 12.5 Å². The van der Waals surface area contributed by atoms with E-state index >= 15 is 0 Å². The maximum atomic E-state index is 12.2. The van der Waals surface area contributed by atoms with Crippen LogP contribution in [-0.4, -0.2) is 48.6 Å². The van der Waals surface area contributed by atoms with Crippen molar-refractivity contribution in [3.8, 4) is 5.75 Å². The van der Waals surface area contributed by atoms with Crippen LogP contribution in [0.25, 0.3) is 0 Å². The van der Waals surface area contributed by atoms with Crippen molar-refractivity contribution in [3.05, 3.63) is 53.1 Å². The first-order valence-electron chi connectivity index (χ1n) is 7.54. The molecular formula is C17H18BrN3O2. The number of carbonyl (C=O) groups excluding carboxylic acids is 1. The van der Waals surface area contributed by atoms with E-state index in [1.807, 2.05) is 47.4 Å². The summed E-state index contributed by atoms with van der Waals surface area (Å²) in [6.07, 6.45) is 1.79. The van der Waals surface area contributed by atoms with Gasteiger partial charge >= 0.3 is 0 Å². The molecule has 1 aliphatic heterocycles. The fourth-order valence-corrected chi connectivity index (χ4v) is 2.76. The Hall–Kier alpha value is -2.08. The van der Waals surface area contributed by atoms with Crippen LogP contribution < -0.4 is 9.64 Å². The molecule has 6 heteroatoms. The van der Waals surface area contributed by atoms with E-state index in [4.69, 9.17) is 4.74 Å². The van der Waals surface area contributed by atoms with Gasteiger partial charge in [-0.3, -0.25) is 4.79 Å². The number of pyridine rings is 1. The highest BCUT2D eigenvalue weighted by atomic mass is 79.9. The lowest BCUT2D eigenvalue weighted by Crippen LogP contribution is -2.50. The first-order chi connectivity index (χ1) is 11.2. The lowest BCUT2D eigenvalue weighted by atomic mass is 10.3. The van der Waals surface area contributed by atoms with Crippen molar-refractivity contribution in [1.82, 2.24) is 9.88 Å². The second-order valence-corrected chi connectivity index (χ2v) is 6.21. The predicted molar refractivity (Wildman–Crippen MR) is 92.7 cm³/mol. The quantitative estimate of drug-likeness (QED) is 0.823. The maximum absolute atomic E-state index is 12.2. The summed E-state index contributed by atoms with van der Waals surface area (Å²) in [6, 6.07) is 13.4. The number of ether oxygens (including phenoxy) is 1. The fourth-order valence-electron chi connectivity index (χ4n) is 2.49. The molecule has 0 radical (unpaired) electrons. The highest BCUT2D eigenvalue weighted by Gasteiger charge is 2.21. The lowest BCUT2D eigenvalue weighted by molar-refractivity contribution is -0.133. The summed E-state index contributed by atoms with van der Waals surface area (Å²) in [5, 5.41) is 0. The van der Waals surface area contributed by atoms with E-state index in [2.05, 4.69) is 25.8 Å². The average molecular weight is 376 g/mol. The molecule has 1 aliphatic rings. The van der Waals surface area contributed by atoms with Gasteiger partial charge in [-0.1, -0.05) is 22.0 Å². The van der Waals surface area contributed by atoms with E-state index in [0.29, 0.717) is 18.8 Å². The van der Waals surface area contributed by atoms with Gasteiger partial charge in [-0.25, -0.2) is 4.98 Å². The van der Waals surface area contributed by atoms with E-state index in [1.54, 1.807) is 6.20 Å². The predicted octanol–water partition coefficient (Wildman–Crippen LogP) is 2.57. The summed E-state index contributed by atoms with van der Waals surface area (Å²) in [6.45, 7) is 3.05. The Morgan fingerprint density at radius 2 is 1.83 bits per heavy atom. The number of amides is 1. The molecule has 2 aromatic rings. The van der Waals surface area contributed by atoms with E-state index in [9.17, 15) is 4.79 Å². The normalized spacial score (nSPS) is 14.7. The van der Waals surface area contributed by atoms with Gasteiger partial charge < -0.3 is 14.5 Å². The van der Waals surface area contributed by atoms with Crippen LogP contribution in [0, 0.1) is 0 Å². The van der Waals surface area contributed by atoms with Crippen LogP contribution in [0.15, 0.2) is 53.1 Å². The Bertz CT molecular complexity index is 641. The number of halogens is 1. The summed E-state index contributed by atoms with van der Waals surface area (Å²) in [4.78, 5) is 20.6. The Balaban J connectivity index is 1.47. The van der Waals surface area contributed by atoms with Gasteiger partial charge in [0.25, 0.3) is 5.91 Å². The molecule has 1 fully saturated rings. The van der Waals surface area contributed by atoms with Crippen LogP contribution in [0.2, 0.25) is 0 Å². The number of rotatable bonds is 4. The van der Waals surface area contributed by atoms with Gasteiger partial charge in [0.2, 0.25) is 0 Å². The molecule has 1 amide bonds. The molecule has 120 valence electrons. The van der Waals surface area contributed by atoms with Gasteiger partial charge in [0.15, 0.2) is 6.61 Å². The van der Waals surface area contributed by atoms with Crippen molar-refractivity contribution < 1.29 is 9.53 Å². The van der Waals surface area contributed by atoms with Crippen molar-refractivity contribution in [2.45, 2.75) is 0 Å². The molecule has 1 saturated heterocycles. The zero-order valence-electron chi connectivity index (χ0n) is 12.7. The Morgan fingerprint density at radius 3 is 2.48 bits per heavy atom. The second-order valence-electron chi connectivity index (χ2n) is 5.30. The van der Waals surface area contributed by atoms with Crippen LogP contribution in [0.5, 0.6) is 5.75 Å². The molecule has 5 nitrogen and oxygen atoms in total. The van der Waals surface area contributed by atoms with Crippen molar-refractivity contribution in [3.63, 3.8) is 0 Å². The number of aromatic nitrogens is 1. The summed E-state index contributed by atoms with van der Waals surface area (Å²) in [5.74, 6) is 1.69. The maximum Gasteiger partial charge on any atom is 0.260 e. The Kier molecular flexibility index (Phi) is 5.12. The third-order valence-electron chi connectivity index (χ3n) is 3.78. The van der Waals surface area contributed by atoms with Crippen molar-refractivity contribution >= 4 is 27.7 Å². The van der Waals surface area contributed by atoms with Crippen LogP contribution in [0.4, 0.5) is 5.82 Å². The van der Waals surface area contributed by atoms with E-state index < -0.39 is 0 Å². The second kappa shape index (κ2) is 7.46. The number of nitrogens with zero attached hydrogens (tertiary/aromatic N) is 3. The molecule has 0 N–H and O–H groups in total. The van der Waals surface area contributed by atoms with Gasteiger partial charge in [0.05, 0.1) is 0 Å². The van der Waals surface area contributed by atoms with Crippen molar-refractivity contribution in [1.29, 1.82) is 0 Å². The summed E-state index contributed by atoms with van der Waals surface area (Å²) >= 11 is 3.37. The molecule has 1 aromatic carbocycles. The van der Waals surface area contributed by atoms with Crippen molar-refractivity contribution in [2.24, 2.45) is 0 Å². The minimum Gasteiger partial charge on any atom is -0.484 e. The van der Waals surface area contributed by atoms with Crippen LogP contribution in [0.3, 0.4) is 0 Å². The lowest BCUT2D eigenvalue weighted by Gasteiger charge is -2.35. The topological polar surface area (TPSA) is 45.7 Å². The van der Waals surface area contributed by atoms with Gasteiger partial charge in [0.1, 0.15) is 11.6 Å². The summed E-state index contributed by atoms with van der Waals surface area (Å²) in [7, 11) is 0. The minimum atomic E-state index is 0.0218. The number of piperazine rings is 1. The van der Waals surface area contributed by atoms with Gasteiger partial charge in [-0.05, 0) is 36.4 Å². The summed E-state index contributed by atoms with van der Waals surface area (Å²) < 4.78 is 6.54. The summed E-state index contributed by atoms with van der Waals surface area (Å²) in [5.41, 5.74) is 0. The molecule has 23 heavy (non-hydrogen) atoms. The number of carbonyl (C=O) groups is 1. The van der Waals surface area contributed by atoms with Gasteiger partial charge in [-0.15, -0.1) is 0 Å². The van der Waals surface area contributed by atoms with Crippen molar-refractivity contribution in [2.75, 3.05) is 37.7 Å². The largest absolute Gasteiger partial charge is 0.484 e. The van der Waals surface area contributed by atoms with Crippen LogP contribution in [-0.2, 0) is 4.79 Å². The molecule has 0 bridgehead atoms. The number of benzene rings is 1. The Labute approximate surface area is 144 Å². The SMILES string of the molecule is O=C(COc1ccc(Br)cc1)N1CCN(c2ccccn2)CC1. The van der Waals surface area contributed by atoms with Crippen LogP contribution in [0.1, 0.15) is 0 Å². The third kappa shape index (κ3) is 4.22. The zero-order valence-corrected chi connectivity index (χ0v) is 14.3. The molecule has 0 atom stereocenters. The first-order valence-corrected chi connectivity index (χ1v) is 8.34. The molecule has 0 saturated carbocycles. The minimum absolute atomic E-state index is 0.0218. The fraction of sp³-hybridized carbons (Fsp3) is 0.294. The average Bonchev–Trinajstić information content (AvgIpc) is 2.62. The highest BCUT2D eigenvalue weighted by molar-refractivity contribution is 9.10. The monoisotopic (exact) mass is 375 g/mol. The zero-order chi connectivity index (χ0) is 16.1. The standard InChI is InChI=1S/C17H18BrN3O2/c18-14-4-6-15(7-5-14)23-13-17(22)21-11-9-20(10-12-21)16-3-1-2-8-19-16/h1-8H,9-13H2.